The zero-order chi connectivity index (χ0) is 21.3. The standard InChI is InChI=1S/C16H21Cl2FN2O6S.ClH/c1-20-7-8-26-16(23)27-13(12(9-19)21-15(22)14(17)18)10-3-5-11(6-4-10)28(2,24)25;/h3-6,12-14,20H,7-9H2,1-2H3,(H,21,22);1H/t12-,13-;/m1./s1. The number of halogens is 4. The number of amides is 1. The van der Waals surface area contributed by atoms with Gasteiger partial charge in [0.05, 0.1) is 10.9 Å². The summed E-state index contributed by atoms with van der Waals surface area (Å²) in [6.45, 7) is -0.742. The molecule has 0 bridgehead atoms. The van der Waals surface area contributed by atoms with Gasteiger partial charge in [0.1, 0.15) is 13.3 Å². The fourth-order valence-corrected chi connectivity index (χ4v) is 2.86. The predicted molar refractivity (Wildman–Crippen MR) is 109 cm³/mol. The van der Waals surface area contributed by atoms with Crippen LogP contribution in [0.4, 0.5) is 9.18 Å². The summed E-state index contributed by atoms with van der Waals surface area (Å²) in [6, 6.07) is 3.91. The number of benzene rings is 1. The minimum absolute atomic E-state index is 0. The van der Waals surface area contributed by atoms with Crippen molar-refractivity contribution in [3.63, 3.8) is 0 Å². The van der Waals surface area contributed by atoms with E-state index in [1.807, 2.05) is 0 Å². The monoisotopic (exact) mass is 494 g/mol. The van der Waals surface area contributed by atoms with E-state index in [-0.39, 0.29) is 29.5 Å². The lowest BCUT2D eigenvalue weighted by atomic mass is 10.0. The van der Waals surface area contributed by atoms with E-state index in [2.05, 4.69) is 10.6 Å². The maximum absolute atomic E-state index is 13.6. The number of carbonyl (C=O) groups is 2. The van der Waals surface area contributed by atoms with Crippen LogP contribution in [0.15, 0.2) is 29.2 Å². The van der Waals surface area contributed by atoms with Crippen LogP contribution >= 0.6 is 35.6 Å². The fourth-order valence-electron chi connectivity index (χ4n) is 2.10. The molecule has 0 aliphatic heterocycles. The lowest BCUT2D eigenvalue weighted by Crippen LogP contribution is -2.44. The molecule has 1 rings (SSSR count). The highest BCUT2D eigenvalue weighted by Gasteiger charge is 2.31. The maximum atomic E-state index is 13.6. The van der Waals surface area contributed by atoms with Gasteiger partial charge < -0.3 is 20.1 Å². The van der Waals surface area contributed by atoms with Crippen LogP contribution in [0, 0.1) is 0 Å². The first-order valence-corrected chi connectivity index (χ1v) is 10.8. The van der Waals surface area contributed by atoms with Gasteiger partial charge in [-0.15, -0.1) is 12.4 Å². The summed E-state index contributed by atoms with van der Waals surface area (Å²) in [5, 5.41) is 5.01. The molecule has 29 heavy (non-hydrogen) atoms. The first-order chi connectivity index (χ1) is 13.1. The van der Waals surface area contributed by atoms with Gasteiger partial charge in [-0.1, -0.05) is 35.3 Å². The van der Waals surface area contributed by atoms with E-state index in [1.54, 1.807) is 7.05 Å². The molecule has 0 aliphatic rings. The second-order valence-corrected chi connectivity index (χ2v) is 8.76. The van der Waals surface area contributed by atoms with E-state index in [1.165, 1.54) is 24.3 Å². The summed E-state index contributed by atoms with van der Waals surface area (Å²) in [5.41, 5.74) is 0.238. The van der Waals surface area contributed by atoms with Crippen molar-refractivity contribution in [3.05, 3.63) is 29.8 Å². The molecule has 0 saturated heterocycles. The van der Waals surface area contributed by atoms with Crippen molar-refractivity contribution in [1.29, 1.82) is 0 Å². The number of ether oxygens (including phenoxy) is 2. The number of nitrogens with one attached hydrogen (secondary N) is 2. The zero-order valence-electron chi connectivity index (χ0n) is 15.6. The molecule has 2 N–H and O–H groups in total. The molecule has 166 valence electrons. The Bertz CT molecular complexity index is 764. The SMILES string of the molecule is CNCCOC(=O)O[C@H](c1ccc(S(C)(=O)=O)cc1)[C@@H](CF)NC(=O)C(Cl)Cl.Cl. The molecule has 0 aromatic heterocycles. The van der Waals surface area contributed by atoms with Crippen molar-refractivity contribution in [3.8, 4) is 0 Å². The molecule has 1 aromatic rings. The first kappa shape index (κ1) is 27.7. The Morgan fingerprint density at radius 2 is 1.79 bits per heavy atom. The van der Waals surface area contributed by atoms with Crippen LogP contribution in [0.25, 0.3) is 0 Å². The second kappa shape index (κ2) is 13.1. The van der Waals surface area contributed by atoms with Gasteiger partial charge in [0.2, 0.25) is 0 Å². The summed E-state index contributed by atoms with van der Waals surface area (Å²) in [7, 11) is -1.80. The summed E-state index contributed by atoms with van der Waals surface area (Å²) < 4.78 is 46.8. The van der Waals surface area contributed by atoms with Crippen LogP contribution < -0.4 is 10.6 Å². The Morgan fingerprint density at radius 1 is 1.21 bits per heavy atom. The first-order valence-electron chi connectivity index (χ1n) is 8.02. The quantitative estimate of drug-likeness (QED) is 0.291. The van der Waals surface area contributed by atoms with Gasteiger partial charge in [0, 0.05) is 12.8 Å². The van der Waals surface area contributed by atoms with E-state index in [4.69, 9.17) is 32.7 Å². The molecule has 0 unspecified atom stereocenters. The average molecular weight is 496 g/mol. The molecule has 8 nitrogen and oxygen atoms in total. The van der Waals surface area contributed by atoms with E-state index in [9.17, 15) is 22.4 Å². The molecule has 13 heteroatoms. The number of hydrogen-bond acceptors (Lipinski definition) is 7. The van der Waals surface area contributed by atoms with E-state index in [0.717, 1.165) is 6.26 Å². The van der Waals surface area contributed by atoms with E-state index < -0.39 is 45.6 Å². The van der Waals surface area contributed by atoms with Crippen molar-refractivity contribution >= 4 is 57.5 Å². The normalized spacial score (nSPS) is 13.2. The molecule has 0 aliphatic carbocycles. The van der Waals surface area contributed by atoms with Gasteiger partial charge in [0.25, 0.3) is 5.91 Å². The summed E-state index contributed by atoms with van der Waals surface area (Å²) in [6.07, 6.45) is -1.37. The fraction of sp³-hybridized carbons (Fsp3) is 0.500. The molecule has 0 radical (unpaired) electrons. The Morgan fingerprint density at radius 3 is 2.24 bits per heavy atom. The number of rotatable bonds is 10. The third-order valence-corrected chi connectivity index (χ3v) is 5.01. The van der Waals surface area contributed by atoms with Crippen LogP contribution in [-0.2, 0) is 24.1 Å². The topological polar surface area (TPSA) is 111 Å². The van der Waals surface area contributed by atoms with Gasteiger partial charge in [-0.05, 0) is 24.7 Å². The van der Waals surface area contributed by atoms with Crippen LogP contribution in [0.1, 0.15) is 11.7 Å². The van der Waals surface area contributed by atoms with E-state index in [0.29, 0.717) is 6.54 Å². The average Bonchev–Trinajstić information content (AvgIpc) is 2.63. The van der Waals surface area contributed by atoms with Gasteiger partial charge in [0.15, 0.2) is 20.8 Å². The summed E-state index contributed by atoms with van der Waals surface area (Å²) in [5.74, 6) is -0.879. The molecule has 0 spiro atoms. The molecular weight excluding hydrogens is 474 g/mol. The van der Waals surface area contributed by atoms with Crippen molar-refractivity contribution < 1.29 is 31.9 Å². The zero-order valence-corrected chi connectivity index (χ0v) is 18.7. The van der Waals surface area contributed by atoms with Gasteiger partial charge >= 0.3 is 6.16 Å². The molecular formula is C16H22Cl3FN2O6S. The number of hydrogen-bond donors (Lipinski definition) is 2. The van der Waals surface area contributed by atoms with Crippen LogP contribution in [-0.4, -0.2) is 64.5 Å². The molecule has 0 saturated carbocycles. The van der Waals surface area contributed by atoms with Crippen molar-refractivity contribution in [2.75, 3.05) is 33.1 Å². The minimum atomic E-state index is -3.46. The highest BCUT2D eigenvalue weighted by atomic mass is 35.5. The number of alkyl halides is 3. The number of carbonyl (C=O) groups excluding carboxylic acids is 2. The van der Waals surface area contributed by atoms with Crippen LogP contribution in [0.3, 0.4) is 0 Å². The molecule has 0 fully saturated rings. The largest absolute Gasteiger partial charge is 0.509 e. The third-order valence-electron chi connectivity index (χ3n) is 3.49. The molecule has 2 atom stereocenters. The lowest BCUT2D eigenvalue weighted by Gasteiger charge is -2.26. The van der Waals surface area contributed by atoms with Gasteiger partial charge in [-0.25, -0.2) is 17.6 Å². The number of likely N-dealkylation sites (N-methyl/N-ethyl adjacent to an activating group) is 1. The van der Waals surface area contributed by atoms with Crippen molar-refractivity contribution in [1.82, 2.24) is 10.6 Å². The van der Waals surface area contributed by atoms with Gasteiger partial charge in [-0.3, -0.25) is 4.79 Å². The lowest BCUT2D eigenvalue weighted by molar-refractivity contribution is -0.121. The predicted octanol–water partition coefficient (Wildman–Crippen LogP) is 2.18. The van der Waals surface area contributed by atoms with Gasteiger partial charge in [-0.2, -0.15) is 0 Å². The molecule has 0 heterocycles. The highest BCUT2D eigenvalue weighted by molar-refractivity contribution is 7.90. The van der Waals surface area contributed by atoms with Crippen molar-refractivity contribution in [2.45, 2.75) is 21.9 Å². The van der Waals surface area contributed by atoms with E-state index >= 15 is 0 Å². The Balaban J connectivity index is 0.00000784. The Kier molecular flexibility index (Phi) is 12.5. The molecule has 1 aromatic carbocycles. The Labute approximate surface area is 184 Å². The highest BCUT2D eigenvalue weighted by Crippen LogP contribution is 2.25. The minimum Gasteiger partial charge on any atom is -0.433 e. The summed E-state index contributed by atoms with van der Waals surface area (Å²) >= 11 is 10.9. The van der Waals surface area contributed by atoms with Crippen LogP contribution in [0.2, 0.25) is 0 Å². The maximum Gasteiger partial charge on any atom is 0.509 e. The smallest absolute Gasteiger partial charge is 0.433 e. The third kappa shape index (κ3) is 9.35. The van der Waals surface area contributed by atoms with Crippen LogP contribution in [0.5, 0.6) is 0 Å². The molecule has 1 amide bonds. The summed E-state index contributed by atoms with van der Waals surface area (Å²) in [4.78, 5) is 22.2. The Hall–Kier alpha value is -1.33. The van der Waals surface area contributed by atoms with Crippen molar-refractivity contribution in [2.24, 2.45) is 0 Å². The second-order valence-electron chi connectivity index (χ2n) is 5.65. The number of sulfone groups is 1.